The largest absolute Gasteiger partial charge is 0.506 e. The third-order valence-electron chi connectivity index (χ3n) is 6.30. The Kier molecular flexibility index (Phi) is 4.14. The molecule has 0 radical (unpaired) electrons. The van der Waals surface area contributed by atoms with Gasteiger partial charge in [-0.2, -0.15) is 0 Å². The molecule has 2 aliphatic carbocycles. The number of benzene rings is 2. The van der Waals surface area contributed by atoms with Crippen molar-refractivity contribution in [1.29, 1.82) is 0 Å². The number of anilines is 2. The number of non-ortho nitro benzene ring substituents is 1. The van der Waals surface area contributed by atoms with Gasteiger partial charge in [0.25, 0.3) is 11.6 Å². The number of amides is 3. The van der Waals surface area contributed by atoms with Gasteiger partial charge >= 0.3 is 0 Å². The van der Waals surface area contributed by atoms with Gasteiger partial charge in [0.2, 0.25) is 11.8 Å². The monoisotopic (exact) mass is 419 g/mol. The van der Waals surface area contributed by atoms with Crippen molar-refractivity contribution in [3.63, 3.8) is 0 Å². The zero-order chi connectivity index (χ0) is 21.9. The lowest BCUT2D eigenvalue weighted by atomic mass is 9.85. The lowest BCUT2D eigenvalue weighted by molar-refractivity contribution is -0.384. The number of carbonyl (C=O) groups excluding carboxylic acids is 3. The first kappa shape index (κ1) is 19.0. The molecule has 1 heterocycles. The number of rotatable bonds is 4. The fourth-order valence-corrected chi connectivity index (χ4v) is 4.85. The summed E-state index contributed by atoms with van der Waals surface area (Å²) in [6, 6.07) is 9.27. The Bertz CT molecular complexity index is 1140. The van der Waals surface area contributed by atoms with Crippen LogP contribution in [0.15, 0.2) is 54.6 Å². The van der Waals surface area contributed by atoms with Crippen LogP contribution in [0.25, 0.3) is 0 Å². The van der Waals surface area contributed by atoms with E-state index in [-0.39, 0.29) is 58.2 Å². The summed E-state index contributed by atoms with van der Waals surface area (Å²) in [7, 11) is 0. The second-order valence-electron chi connectivity index (χ2n) is 7.97. The molecule has 4 atom stereocenters. The molecule has 0 aromatic heterocycles. The maximum Gasteiger partial charge on any atom is 0.271 e. The molecule has 2 N–H and O–H groups in total. The summed E-state index contributed by atoms with van der Waals surface area (Å²) >= 11 is 0. The number of nitro groups is 1. The Labute approximate surface area is 176 Å². The van der Waals surface area contributed by atoms with Crippen molar-refractivity contribution in [2.75, 3.05) is 10.2 Å². The van der Waals surface area contributed by atoms with Crippen LogP contribution in [0.5, 0.6) is 5.75 Å². The van der Waals surface area contributed by atoms with Gasteiger partial charge in [0.1, 0.15) is 5.75 Å². The number of fused-ring (bicyclic) bond motifs is 5. The first-order chi connectivity index (χ1) is 14.8. The summed E-state index contributed by atoms with van der Waals surface area (Å²) in [6.07, 6.45) is 4.90. The maximum atomic E-state index is 12.9. The van der Waals surface area contributed by atoms with Crippen LogP contribution in [0, 0.1) is 33.8 Å². The Hall–Kier alpha value is -4.01. The molecule has 5 rings (SSSR count). The van der Waals surface area contributed by atoms with E-state index in [0.717, 1.165) is 24.6 Å². The number of phenolic OH excluding ortho intramolecular Hbond substituents is 1. The molecule has 1 aliphatic heterocycles. The van der Waals surface area contributed by atoms with Crippen molar-refractivity contribution in [3.05, 3.63) is 70.3 Å². The van der Waals surface area contributed by atoms with Gasteiger partial charge in [0.05, 0.1) is 28.1 Å². The van der Waals surface area contributed by atoms with Gasteiger partial charge in [0.15, 0.2) is 0 Å². The van der Waals surface area contributed by atoms with E-state index < -0.39 is 10.8 Å². The van der Waals surface area contributed by atoms with E-state index in [4.69, 9.17) is 0 Å². The average molecular weight is 419 g/mol. The lowest BCUT2D eigenvalue weighted by Crippen LogP contribution is -2.32. The van der Waals surface area contributed by atoms with E-state index in [1.54, 1.807) is 0 Å². The van der Waals surface area contributed by atoms with Crippen LogP contribution in [-0.4, -0.2) is 27.8 Å². The molecule has 1 saturated heterocycles. The van der Waals surface area contributed by atoms with Gasteiger partial charge in [-0.15, -0.1) is 0 Å². The number of imide groups is 1. The normalized spacial score (nSPS) is 25.7. The number of nitro benzene ring substituents is 1. The van der Waals surface area contributed by atoms with Crippen molar-refractivity contribution < 1.29 is 24.4 Å². The van der Waals surface area contributed by atoms with Crippen LogP contribution < -0.4 is 10.2 Å². The van der Waals surface area contributed by atoms with Gasteiger partial charge in [0, 0.05) is 17.7 Å². The quantitative estimate of drug-likeness (QED) is 0.258. The highest BCUT2D eigenvalue weighted by molar-refractivity contribution is 6.23. The molecule has 2 aromatic carbocycles. The average Bonchev–Trinajstić information content (AvgIpc) is 3.43. The number of aromatic hydroxyl groups is 1. The molecule has 9 heteroatoms. The molecule has 9 nitrogen and oxygen atoms in total. The number of carbonyl (C=O) groups is 3. The standard InChI is InChI=1S/C22H17N3O6/c26-17-8-7-15(25(30)31)10-16(17)23-20(27)11-3-5-14(6-4-11)24-21(28)18-12-1-2-13(9-12)19(18)22(24)29/h1-8,10,12-13,18-19,26H,9H2,(H,23,27)/t12-,13-,18-,19-/m0/s1. The zero-order valence-corrected chi connectivity index (χ0v) is 16.1. The molecular formula is C22H17N3O6. The van der Waals surface area contributed by atoms with Crippen LogP contribution >= 0.6 is 0 Å². The van der Waals surface area contributed by atoms with E-state index in [1.165, 1.54) is 29.2 Å². The van der Waals surface area contributed by atoms with E-state index in [1.807, 2.05) is 12.2 Å². The number of phenols is 1. The summed E-state index contributed by atoms with van der Waals surface area (Å²) in [4.78, 5) is 49.7. The minimum Gasteiger partial charge on any atom is -0.506 e. The Morgan fingerprint density at radius 3 is 2.23 bits per heavy atom. The lowest BCUT2D eigenvalue weighted by Gasteiger charge is -2.17. The number of hydrogen-bond acceptors (Lipinski definition) is 6. The summed E-state index contributed by atoms with van der Waals surface area (Å²) in [5.41, 5.74) is 0.238. The first-order valence-electron chi connectivity index (χ1n) is 9.80. The topological polar surface area (TPSA) is 130 Å². The Morgan fingerprint density at radius 2 is 1.65 bits per heavy atom. The number of nitrogens with one attached hydrogen (secondary N) is 1. The summed E-state index contributed by atoms with van der Waals surface area (Å²) in [6.45, 7) is 0. The first-order valence-corrected chi connectivity index (χ1v) is 9.80. The third-order valence-corrected chi connectivity index (χ3v) is 6.30. The molecule has 0 spiro atoms. The van der Waals surface area contributed by atoms with Gasteiger partial charge in [-0.1, -0.05) is 12.2 Å². The second-order valence-corrected chi connectivity index (χ2v) is 7.97. The zero-order valence-electron chi connectivity index (χ0n) is 16.1. The molecule has 2 bridgehead atoms. The molecule has 3 amide bonds. The smallest absolute Gasteiger partial charge is 0.271 e. The number of nitrogens with zero attached hydrogens (tertiary/aromatic N) is 2. The number of allylic oxidation sites excluding steroid dienone is 2. The number of hydrogen-bond donors (Lipinski definition) is 2. The molecular weight excluding hydrogens is 402 g/mol. The molecule has 2 aromatic rings. The Balaban J connectivity index is 1.35. The van der Waals surface area contributed by atoms with Crippen molar-refractivity contribution in [2.45, 2.75) is 6.42 Å². The predicted octanol–water partition coefficient (Wildman–Crippen LogP) is 2.86. The molecule has 2 fully saturated rings. The molecule has 0 unspecified atom stereocenters. The summed E-state index contributed by atoms with van der Waals surface area (Å²) < 4.78 is 0. The van der Waals surface area contributed by atoms with Crippen LogP contribution in [0.3, 0.4) is 0 Å². The fraction of sp³-hybridized carbons (Fsp3) is 0.227. The fourth-order valence-electron chi connectivity index (χ4n) is 4.85. The van der Waals surface area contributed by atoms with E-state index >= 15 is 0 Å². The van der Waals surface area contributed by atoms with Crippen LogP contribution in [0.1, 0.15) is 16.8 Å². The molecule has 1 saturated carbocycles. The van der Waals surface area contributed by atoms with Gasteiger partial charge in [-0.3, -0.25) is 29.4 Å². The van der Waals surface area contributed by atoms with Gasteiger partial charge in [-0.05, 0) is 48.6 Å². The van der Waals surface area contributed by atoms with Crippen LogP contribution in [0.4, 0.5) is 17.1 Å². The summed E-state index contributed by atoms with van der Waals surface area (Å²) in [5, 5.41) is 23.2. The van der Waals surface area contributed by atoms with Gasteiger partial charge in [-0.25, -0.2) is 0 Å². The molecule has 31 heavy (non-hydrogen) atoms. The van der Waals surface area contributed by atoms with Crippen molar-refractivity contribution in [2.24, 2.45) is 23.7 Å². The summed E-state index contributed by atoms with van der Waals surface area (Å²) in [5.74, 6) is -1.69. The van der Waals surface area contributed by atoms with Gasteiger partial charge < -0.3 is 10.4 Å². The third kappa shape index (κ3) is 2.89. The van der Waals surface area contributed by atoms with Crippen molar-refractivity contribution in [1.82, 2.24) is 0 Å². The highest BCUT2D eigenvalue weighted by Crippen LogP contribution is 2.53. The van der Waals surface area contributed by atoms with E-state index in [0.29, 0.717) is 5.69 Å². The second kappa shape index (κ2) is 6.76. The highest BCUT2D eigenvalue weighted by atomic mass is 16.6. The minimum atomic E-state index is -0.634. The van der Waals surface area contributed by atoms with Crippen LogP contribution in [-0.2, 0) is 9.59 Å². The minimum absolute atomic E-state index is 0.0935. The van der Waals surface area contributed by atoms with E-state index in [2.05, 4.69) is 5.32 Å². The Morgan fingerprint density at radius 1 is 1.03 bits per heavy atom. The molecule has 156 valence electrons. The van der Waals surface area contributed by atoms with Crippen LogP contribution in [0.2, 0.25) is 0 Å². The molecule has 3 aliphatic rings. The maximum absolute atomic E-state index is 12.9. The predicted molar refractivity (Wildman–Crippen MR) is 109 cm³/mol. The SMILES string of the molecule is O=C(Nc1cc([N+](=O)[O-])ccc1O)c1ccc(N2C(=O)[C@@H]3[C@@H](C2=O)[C@H]2C=C[C@H]3C2)cc1. The van der Waals surface area contributed by atoms with Crippen molar-refractivity contribution >= 4 is 34.8 Å². The van der Waals surface area contributed by atoms with Crippen molar-refractivity contribution in [3.8, 4) is 5.75 Å². The highest BCUT2D eigenvalue weighted by Gasteiger charge is 2.59. The van der Waals surface area contributed by atoms with E-state index in [9.17, 15) is 29.6 Å².